The second kappa shape index (κ2) is 8.84. The number of nitrogens with one attached hydrogen (secondary N) is 2. The summed E-state index contributed by atoms with van der Waals surface area (Å²) in [4.78, 5) is 25.1. The van der Waals surface area contributed by atoms with Crippen LogP contribution in [-0.2, 0) is 0 Å². The predicted molar refractivity (Wildman–Crippen MR) is 115 cm³/mol. The fourth-order valence-electron chi connectivity index (χ4n) is 2.38. The average Bonchev–Trinajstić information content (AvgIpc) is 2.67. The molecule has 0 bridgehead atoms. The third-order valence-corrected chi connectivity index (χ3v) is 4.87. The Bertz CT molecular complexity index is 989. The molecule has 0 atom stereocenters. The van der Waals surface area contributed by atoms with Gasteiger partial charge in [0.25, 0.3) is 11.8 Å². The van der Waals surface area contributed by atoms with Crippen LogP contribution >= 0.6 is 46.4 Å². The van der Waals surface area contributed by atoms with Crippen molar-refractivity contribution in [1.29, 1.82) is 0 Å². The minimum absolute atomic E-state index is 0.279. The number of rotatable bonds is 4. The van der Waals surface area contributed by atoms with Crippen LogP contribution in [0.3, 0.4) is 0 Å². The number of amides is 2. The molecule has 0 aliphatic carbocycles. The molecule has 0 saturated heterocycles. The van der Waals surface area contributed by atoms with Crippen LogP contribution in [0.2, 0.25) is 20.1 Å². The molecule has 3 aromatic rings. The first-order valence-corrected chi connectivity index (χ1v) is 9.47. The van der Waals surface area contributed by atoms with E-state index in [1.165, 1.54) is 6.07 Å². The molecular formula is C20H12Cl4N2O2. The lowest BCUT2D eigenvalue weighted by atomic mass is 10.1. The van der Waals surface area contributed by atoms with E-state index in [1.807, 2.05) is 0 Å². The van der Waals surface area contributed by atoms with Crippen molar-refractivity contribution in [3.8, 4) is 0 Å². The molecule has 4 nitrogen and oxygen atoms in total. The molecule has 0 radical (unpaired) electrons. The van der Waals surface area contributed by atoms with Crippen molar-refractivity contribution in [2.75, 3.05) is 10.6 Å². The van der Waals surface area contributed by atoms with Gasteiger partial charge in [-0.3, -0.25) is 9.59 Å². The summed E-state index contributed by atoms with van der Waals surface area (Å²) in [6.07, 6.45) is 0. The Morgan fingerprint density at radius 2 is 1.04 bits per heavy atom. The van der Waals surface area contributed by atoms with E-state index in [1.54, 1.807) is 54.6 Å². The van der Waals surface area contributed by atoms with Crippen LogP contribution in [0.15, 0.2) is 60.7 Å². The second-order valence-corrected chi connectivity index (χ2v) is 7.42. The molecule has 0 aliphatic heterocycles. The predicted octanol–water partition coefficient (Wildman–Crippen LogP) is 6.80. The number of hydrogen-bond donors (Lipinski definition) is 2. The van der Waals surface area contributed by atoms with Crippen molar-refractivity contribution < 1.29 is 9.59 Å². The standard InChI is InChI=1S/C20H12Cl4N2O2/c21-13-4-6-15(23)17(9-13)25-19(27)11-2-1-3-12(8-11)20(28)26-18-10-14(22)5-7-16(18)24/h1-10H,(H,25,27)(H,26,28). The van der Waals surface area contributed by atoms with Crippen LogP contribution in [0.5, 0.6) is 0 Å². The Morgan fingerprint density at radius 1 is 0.607 bits per heavy atom. The summed E-state index contributed by atoms with van der Waals surface area (Å²) in [5.41, 5.74) is 1.31. The molecule has 3 aromatic carbocycles. The highest BCUT2D eigenvalue weighted by Gasteiger charge is 2.14. The van der Waals surface area contributed by atoms with Gasteiger partial charge in [-0.05, 0) is 54.6 Å². The first-order chi connectivity index (χ1) is 13.3. The molecule has 0 saturated carbocycles. The minimum Gasteiger partial charge on any atom is -0.321 e. The SMILES string of the molecule is O=C(Nc1cc(Cl)ccc1Cl)c1cccc(C(=O)Nc2cc(Cl)ccc2Cl)c1. The van der Waals surface area contributed by atoms with Crippen LogP contribution in [-0.4, -0.2) is 11.8 Å². The molecular weight excluding hydrogens is 442 g/mol. The van der Waals surface area contributed by atoms with Crippen molar-refractivity contribution in [1.82, 2.24) is 0 Å². The van der Waals surface area contributed by atoms with Gasteiger partial charge in [-0.25, -0.2) is 0 Å². The van der Waals surface area contributed by atoms with Crippen molar-refractivity contribution in [2.45, 2.75) is 0 Å². The fraction of sp³-hybridized carbons (Fsp3) is 0. The van der Waals surface area contributed by atoms with E-state index in [4.69, 9.17) is 46.4 Å². The molecule has 3 rings (SSSR count). The van der Waals surface area contributed by atoms with Gasteiger partial charge in [0.15, 0.2) is 0 Å². The number of hydrogen-bond acceptors (Lipinski definition) is 2. The Labute approximate surface area is 181 Å². The number of carbonyl (C=O) groups excluding carboxylic acids is 2. The minimum atomic E-state index is -0.431. The maximum absolute atomic E-state index is 12.5. The average molecular weight is 454 g/mol. The van der Waals surface area contributed by atoms with E-state index in [9.17, 15) is 9.59 Å². The Hall–Kier alpha value is -2.24. The van der Waals surface area contributed by atoms with Crippen molar-refractivity contribution in [2.24, 2.45) is 0 Å². The monoisotopic (exact) mass is 452 g/mol. The zero-order valence-electron chi connectivity index (χ0n) is 14.1. The molecule has 28 heavy (non-hydrogen) atoms. The summed E-state index contributed by atoms with van der Waals surface area (Å²) in [5.74, 6) is -0.862. The van der Waals surface area contributed by atoms with Crippen LogP contribution < -0.4 is 10.6 Å². The summed E-state index contributed by atoms with van der Waals surface area (Å²) in [7, 11) is 0. The van der Waals surface area contributed by atoms with E-state index < -0.39 is 11.8 Å². The molecule has 8 heteroatoms. The van der Waals surface area contributed by atoms with Gasteiger partial charge in [-0.2, -0.15) is 0 Å². The summed E-state index contributed by atoms with van der Waals surface area (Å²) in [6.45, 7) is 0. The first-order valence-electron chi connectivity index (χ1n) is 7.96. The van der Waals surface area contributed by atoms with E-state index in [0.29, 0.717) is 31.5 Å². The van der Waals surface area contributed by atoms with Gasteiger partial charge in [-0.15, -0.1) is 0 Å². The summed E-state index contributed by atoms with van der Waals surface area (Å²) >= 11 is 24.0. The molecule has 0 spiro atoms. The van der Waals surface area contributed by atoms with Crippen molar-refractivity contribution in [3.63, 3.8) is 0 Å². The first kappa shape index (κ1) is 20.5. The highest BCUT2D eigenvalue weighted by molar-refractivity contribution is 6.36. The fourth-order valence-corrected chi connectivity index (χ4v) is 3.05. The summed E-state index contributed by atoms with van der Waals surface area (Å²) in [6, 6.07) is 15.7. The zero-order valence-corrected chi connectivity index (χ0v) is 17.1. The Morgan fingerprint density at radius 3 is 1.46 bits per heavy atom. The highest BCUT2D eigenvalue weighted by Crippen LogP contribution is 2.27. The lowest BCUT2D eigenvalue weighted by Gasteiger charge is -2.10. The van der Waals surface area contributed by atoms with Gasteiger partial charge in [0.1, 0.15) is 0 Å². The maximum Gasteiger partial charge on any atom is 0.255 e. The van der Waals surface area contributed by atoms with Crippen LogP contribution in [0, 0.1) is 0 Å². The molecule has 0 aromatic heterocycles. The maximum atomic E-state index is 12.5. The number of carbonyl (C=O) groups is 2. The second-order valence-electron chi connectivity index (χ2n) is 5.74. The topological polar surface area (TPSA) is 58.2 Å². The largest absolute Gasteiger partial charge is 0.321 e. The normalized spacial score (nSPS) is 10.4. The Balaban J connectivity index is 1.79. The van der Waals surface area contributed by atoms with E-state index in [2.05, 4.69) is 10.6 Å². The lowest BCUT2D eigenvalue weighted by molar-refractivity contribution is 0.102. The third-order valence-electron chi connectivity index (χ3n) is 3.74. The zero-order chi connectivity index (χ0) is 20.3. The summed E-state index contributed by atoms with van der Waals surface area (Å²) < 4.78 is 0. The van der Waals surface area contributed by atoms with Crippen molar-refractivity contribution in [3.05, 3.63) is 91.9 Å². The van der Waals surface area contributed by atoms with E-state index in [-0.39, 0.29) is 11.1 Å². The lowest BCUT2D eigenvalue weighted by Crippen LogP contribution is -2.16. The third kappa shape index (κ3) is 4.97. The summed E-state index contributed by atoms with van der Waals surface area (Å²) in [5, 5.41) is 6.92. The van der Waals surface area contributed by atoms with E-state index >= 15 is 0 Å². The van der Waals surface area contributed by atoms with Gasteiger partial charge >= 0.3 is 0 Å². The van der Waals surface area contributed by atoms with Crippen molar-refractivity contribution >= 4 is 69.6 Å². The van der Waals surface area contributed by atoms with Gasteiger partial charge in [0.05, 0.1) is 21.4 Å². The van der Waals surface area contributed by atoms with Gasteiger partial charge < -0.3 is 10.6 Å². The molecule has 0 heterocycles. The number of benzene rings is 3. The quantitative estimate of drug-likeness (QED) is 0.456. The Kier molecular flexibility index (Phi) is 6.47. The number of anilines is 2. The smallest absolute Gasteiger partial charge is 0.255 e. The van der Waals surface area contributed by atoms with Crippen LogP contribution in [0.1, 0.15) is 20.7 Å². The van der Waals surface area contributed by atoms with Crippen LogP contribution in [0.25, 0.3) is 0 Å². The van der Waals surface area contributed by atoms with Gasteiger partial charge in [0, 0.05) is 21.2 Å². The molecule has 0 fully saturated rings. The molecule has 0 unspecified atom stereocenters. The molecule has 142 valence electrons. The molecule has 0 aliphatic rings. The number of halogens is 4. The highest BCUT2D eigenvalue weighted by atomic mass is 35.5. The van der Waals surface area contributed by atoms with E-state index in [0.717, 1.165) is 0 Å². The van der Waals surface area contributed by atoms with Gasteiger partial charge in [0.2, 0.25) is 0 Å². The van der Waals surface area contributed by atoms with Gasteiger partial charge in [-0.1, -0.05) is 52.5 Å². The van der Waals surface area contributed by atoms with Crippen LogP contribution in [0.4, 0.5) is 11.4 Å². The molecule has 2 amide bonds. The molecule has 2 N–H and O–H groups in total.